The largest absolute Gasteiger partial charge is 0.497 e. The van der Waals surface area contributed by atoms with Crippen LogP contribution in [0.4, 0.5) is 5.69 Å². The van der Waals surface area contributed by atoms with Gasteiger partial charge in [-0.2, -0.15) is 5.26 Å². The lowest BCUT2D eigenvalue weighted by Gasteiger charge is -2.14. The fourth-order valence-electron chi connectivity index (χ4n) is 1.71. The quantitative estimate of drug-likeness (QED) is 0.744. The molecule has 1 aromatic carbocycles. The van der Waals surface area contributed by atoms with E-state index >= 15 is 0 Å². The Balaban J connectivity index is 2.24. The Morgan fingerprint density at radius 3 is 2.78 bits per heavy atom. The first kappa shape index (κ1) is 14.4. The number of rotatable bonds is 7. The van der Waals surface area contributed by atoms with Crippen molar-refractivity contribution in [3.05, 3.63) is 24.3 Å². The van der Waals surface area contributed by atoms with E-state index in [4.69, 9.17) is 10.00 Å². The van der Waals surface area contributed by atoms with E-state index in [2.05, 4.69) is 11.4 Å². The third-order valence-electron chi connectivity index (χ3n) is 2.93. The van der Waals surface area contributed by atoms with Gasteiger partial charge in [-0.15, -0.1) is 0 Å². The molecule has 0 aromatic heterocycles. The zero-order valence-electron chi connectivity index (χ0n) is 11.5. The number of ether oxygens (including phenoxy) is 1. The Morgan fingerprint density at radius 2 is 2.11 bits per heavy atom. The van der Waals surface area contributed by atoms with E-state index in [1.807, 2.05) is 38.1 Å². The zero-order valence-corrected chi connectivity index (χ0v) is 11.5. The monoisotopic (exact) mass is 246 g/mol. The zero-order chi connectivity index (χ0) is 13.4. The Morgan fingerprint density at radius 1 is 1.33 bits per heavy atom. The highest BCUT2D eigenvalue weighted by molar-refractivity contribution is 5.47. The van der Waals surface area contributed by atoms with Crippen LogP contribution in [0.15, 0.2) is 24.3 Å². The fraction of sp³-hybridized carbons (Fsp3) is 0.533. The van der Waals surface area contributed by atoms with Gasteiger partial charge < -0.3 is 10.1 Å². The van der Waals surface area contributed by atoms with E-state index in [1.165, 1.54) is 0 Å². The summed E-state index contributed by atoms with van der Waals surface area (Å²) < 4.78 is 5.17. The van der Waals surface area contributed by atoms with Gasteiger partial charge in [0.1, 0.15) is 5.75 Å². The van der Waals surface area contributed by atoms with Crippen molar-refractivity contribution < 1.29 is 4.74 Å². The van der Waals surface area contributed by atoms with E-state index in [0.29, 0.717) is 0 Å². The first-order chi connectivity index (χ1) is 8.57. The number of nitriles is 1. The number of hydrogen-bond donors (Lipinski definition) is 1. The normalized spacial score (nSPS) is 10.8. The number of nitrogens with one attached hydrogen (secondary N) is 1. The highest BCUT2D eigenvalue weighted by atomic mass is 16.5. The van der Waals surface area contributed by atoms with Crippen LogP contribution in [0.3, 0.4) is 0 Å². The van der Waals surface area contributed by atoms with Crippen molar-refractivity contribution in [1.82, 2.24) is 0 Å². The number of benzene rings is 1. The predicted octanol–water partition coefficient (Wildman–Crippen LogP) is 3.83. The third-order valence-corrected chi connectivity index (χ3v) is 2.93. The molecule has 0 saturated heterocycles. The van der Waals surface area contributed by atoms with Crippen LogP contribution in [-0.4, -0.2) is 13.7 Å². The molecule has 3 nitrogen and oxygen atoms in total. The summed E-state index contributed by atoms with van der Waals surface area (Å²) in [5, 5.41) is 12.3. The number of nitrogens with zero attached hydrogens (tertiary/aromatic N) is 1. The molecule has 0 radical (unpaired) electrons. The number of hydrogen-bond acceptors (Lipinski definition) is 3. The van der Waals surface area contributed by atoms with Gasteiger partial charge in [-0.3, -0.25) is 0 Å². The van der Waals surface area contributed by atoms with Gasteiger partial charge in [-0.25, -0.2) is 0 Å². The van der Waals surface area contributed by atoms with Crippen LogP contribution in [0.25, 0.3) is 0 Å². The maximum Gasteiger partial charge on any atom is 0.120 e. The summed E-state index contributed by atoms with van der Waals surface area (Å²) in [5.74, 6) is 0.866. The molecule has 0 spiro atoms. The Labute approximate surface area is 110 Å². The fourth-order valence-corrected chi connectivity index (χ4v) is 1.71. The molecule has 0 bridgehead atoms. The summed E-state index contributed by atoms with van der Waals surface area (Å²) in [7, 11) is 1.67. The Hall–Kier alpha value is -1.69. The smallest absolute Gasteiger partial charge is 0.120 e. The average Bonchev–Trinajstić information content (AvgIpc) is 2.38. The molecule has 0 saturated carbocycles. The van der Waals surface area contributed by atoms with Gasteiger partial charge in [-0.1, -0.05) is 12.5 Å². The topological polar surface area (TPSA) is 45.0 Å². The van der Waals surface area contributed by atoms with E-state index < -0.39 is 0 Å². The molecule has 18 heavy (non-hydrogen) atoms. The second kappa shape index (κ2) is 6.90. The van der Waals surface area contributed by atoms with Gasteiger partial charge in [0.2, 0.25) is 0 Å². The number of unbranched alkanes of at least 4 members (excludes halogenated alkanes) is 1. The molecule has 0 amide bonds. The van der Waals surface area contributed by atoms with Crippen LogP contribution in [0.1, 0.15) is 33.1 Å². The minimum atomic E-state index is -0.198. The molecule has 0 unspecified atom stereocenters. The van der Waals surface area contributed by atoms with Crippen LogP contribution in [0.2, 0.25) is 0 Å². The molecule has 0 heterocycles. The lowest BCUT2D eigenvalue weighted by Crippen LogP contribution is -2.09. The summed E-state index contributed by atoms with van der Waals surface area (Å²) >= 11 is 0. The van der Waals surface area contributed by atoms with Crippen molar-refractivity contribution in [2.24, 2.45) is 5.41 Å². The molecule has 1 rings (SSSR count). The summed E-state index contributed by atoms with van der Waals surface area (Å²) in [6, 6.07) is 10.2. The molecular formula is C15H22N2O. The van der Waals surface area contributed by atoms with Crippen molar-refractivity contribution in [3.8, 4) is 11.8 Å². The molecular weight excluding hydrogens is 224 g/mol. The van der Waals surface area contributed by atoms with Crippen molar-refractivity contribution in [2.75, 3.05) is 19.0 Å². The van der Waals surface area contributed by atoms with Crippen molar-refractivity contribution in [1.29, 1.82) is 5.26 Å². The van der Waals surface area contributed by atoms with Crippen molar-refractivity contribution in [2.45, 2.75) is 33.1 Å². The lowest BCUT2D eigenvalue weighted by molar-refractivity contribution is 0.415. The van der Waals surface area contributed by atoms with E-state index in [1.54, 1.807) is 7.11 Å². The minimum Gasteiger partial charge on any atom is -0.497 e. The summed E-state index contributed by atoms with van der Waals surface area (Å²) in [6.45, 7) is 4.90. The summed E-state index contributed by atoms with van der Waals surface area (Å²) in [6.07, 6.45) is 3.09. The van der Waals surface area contributed by atoms with Crippen molar-refractivity contribution >= 4 is 5.69 Å². The van der Waals surface area contributed by atoms with Crippen LogP contribution in [0, 0.1) is 16.7 Å². The minimum absolute atomic E-state index is 0.198. The summed E-state index contributed by atoms with van der Waals surface area (Å²) in [5.41, 5.74) is 0.879. The van der Waals surface area contributed by atoms with Crippen molar-refractivity contribution in [3.63, 3.8) is 0 Å². The lowest BCUT2D eigenvalue weighted by atomic mass is 9.89. The molecule has 0 aliphatic carbocycles. The van der Waals surface area contributed by atoms with Gasteiger partial charge in [0.15, 0.2) is 0 Å². The van der Waals surface area contributed by atoms with E-state index in [9.17, 15) is 0 Å². The van der Waals surface area contributed by atoms with Crippen LogP contribution in [-0.2, 0) is 0 Å². The van der Waals surface area contributed by atoms with Gasteiger partial charge in [0.25, 0.3) is 0 Å². The molecule has 3 heteroatoms. The molecule has 0 aliphatic rings. The highest BCUT2D eigenvalue weighted by Gasteiger charge is 2.15. The SMILES string of the molecule is COc1cccc(NCCCCC(C)(C)C#N)c1. The number of methoxy groups -OCH3 is 1. The van der Waals surface area contributed by atoms with Gasteiger partial charge in [-0.05, 0) is 38.8 Å². The average molecular weight is 246 g/mol. The summed E-state index contributed by atoms with van der Waals surface area (Å²) in [4.78, 5) is 0. The highest BCUT2D eigenvalue weighted by Crippen LogP contribution is 2.22. The third kappa shape index (κ3) is 5.09. The molecule has 1 aromatic rings. The van der Waals surface area contributed by atoms with Gasteiger partial charge in [0, 0.05) is 18.3 Å². The molecule has 0 aliphatic heterocycles. The standard InChI is InChI=1S/C15H22N2O/c1-15(2,12-16)9-4-5-10-17-13-7-6-8-14(11-13)18-3/h6-8,11,17H,4-5,9-10H2,1-3H3. The molecule has 0 fully saturated rings. The van der Waals surface area contributed by atoms with Crippen LogP contribution < -0.4 is 10.1 Å². The van der Waals surface area contributed by atoms with Gasteiger partial charge >= 0.3 is 0 Å². The van der Waals surface area contributed by atoms with E-state index in [0.717, 1.165) is 37.2 Å². The predicted molar refractivity (Wildman–Crippen MR) is 74.7 cm³/mol. The first-order valence-electron chi connectivity index (χ1n) is 6.36. The van der Waals surface area contributed by atoms with E-state index in [-0.39, 0.29) is 5.41 Å². The maximum absolute atomic E-state index is 8.91. The maximum atomic E-state index is 8.91. The molecule has 98 valence electrons. The van der Waals surface area contributed by atoms with Gasteiger partial charge in [0.05, 0.1) is 18.6 Å². The van der Waals surface area contributed by atoms with Crippen LogP contribution in [0.5, 0.6) is 5.75 Å². The second-order valence-corrected chi connectivity index (χ2v) is 5.11. The molecule has 1 N–H and O–H groups in total. The number of anilines is 1. The molecule has 0 atom stereocenters. The first-order valence-corrected chi connectivity index (χ1v) is 6.36. The Bertz CT molecular complexity index is 407. The van der Waals surface area contributed by atoms with Crippen LogP contribution >= 0.6 is 0 Å². The second-order valence-electron chi connectivity index (χ2n) is 5.11. The Kier molecular flexibility index (Phi) is 5.51.